The van der Waals surface area contributed by atoms with E-state index < -0.39 is 0 Å². The second-order valence-corrected chi connectivity index (χ2v) is 5.26. The standard InChI is InChI=1S/C13H17BrN2/c1-4-16-9-10(8-15(2)3)12-7-11(14)5-6-13(12)16/h5-7,9H,4,8H2,1-3H3. The van der Waals surface area contributed by atoms with Crippen LogP contribution in [0.15, 0.2) is 28.9 Å². The van der Waals surface area contributed by atoms with Crippen LogP contribution in [0.4, 0.5) is 0 Å². The van der Waals surface area contributed by atoms with Gasteiger partial charge < -0.3 is 9.47 Å². The van der Waals surface area contributed by atoms with Crippen LogP contribution < -0.4 is 0 Å². The Hall–Kier alpha value is -0.800. The highest BCUT2D eigenvalue weighted by Gasteiger charge is 2.08. The lowest BCUT2D eigenvalue weighted by atomic mass is 10.2. The molecule has 16 heavy (non-hydrogen) atoms. The first-order chi connectivity index (χ1) is 7.61. The van der Waals surface area contributed by atoms with Crippen molar-refractivity contribution >= 4 is 26.8 Å². The molecular weight excluding hydrogens is 264 g/mol. The van der Waals surface area contributed by atoms with Gasteiger partial charge in [0.2, 0.25) is 0 Å². The molecule has 0 unspecified atom stereocenters. The molecule has 2 aromatic rings. The summed E-state index contributed by atoms with van der Waals surface area (Å²) in [4.78, 5) is 2.20. The van der Waals surface area contributed by atoms with Gasteiger partial charge in [-0.1, -0.05) is 15.9 Å². The minimum atomic E-state index is 0.986. The fourth-order valence-electron chi connectivity index (χ4n) is 2.07. The Bertz CT molecular complexity index is 500. The summed E-state index contributed by atoms with van der Waals surface area (Å²) in [6.45, 7) is 4.19. The van der Waals surface area contributed by atoms with Gasteiger partial charge in [-0.25, -0.2) is 0 Å². The molecular formula is C13H17BrN2. The highest BCUT2D eigenvalue weighted by Crippen LogP contribution is 2.25. The first kappa shape index (κ1) is 11.7. The summed E-state index contributed by atoms with van der Waals surface area (Å²) in [6, 6.07) is 6.50. The lowest BCUT2D eigenvalue weighted by Crippen LogP contribution is -2.10. The average molecular weight is 281 g/mol. The number of hydrogen-bond acceptors (Lipinski definition) is 1. The van der Waals surface area contributed by atoms with E-state index in [1.807, 2.05) is 0 Å². The van der Waals surface area contributed by atoms with Crippen molar-refractivity contribution in [2.45, 2.75) is 20.0 Å². The Balaban J connectivity index is 2.59. The second-order valence-electron chi connectivity index (χ2n) is 4.34. The first-order valence-corrected chi connectivity index (χ1v) is 6.33. The monoisotopic (exact) mass is 280 g/mol. The van der Waals surface area contributed by atoms with Crippen molar-refractivity contribution in [1.82, 2.24) is 9.47 Å². The Morgan fingerprint density at radius 2 is 2.06 bits per heavy atom. The van der Waals surface area contributed by atoms with Crippen molar-refractivity contribution in [2.75, 3.05) is 14.1 Å². The van der Waals surface area contributed by atoms with E-state index in [0.29, 0.717) is 0 Å². The van der Waals surface area contributed by atoms with Gasteiger partial charge in [0.1, 0.15) is 0 Å². The van der Waals surface area contributed by atoms with Gasteiger partial charge in [-0.2, -0.15) is 0 Å². The van der Waals surface area contributed by atoms with Crippen LogP contribution in [-0.4, -0.2) is 23.6 Å². The number of hydrogen-bond donors (Lipinski definition) is 0. The van der Waals surface area contributed by atoms with Crippen LogP contribution in [-0.2, 0) is 13.1 Å². The van der Waals surface area contributed by atoms with Crippen LogP contribution in [0.2, 0.25) is 0 Å². The van der Waals surface area contributed by atoms with E-state index >= 15 is 0 Å². The summed E-state index contributed by atoms with van der Waals surface area (Å²) in [5.74, 6) is 0. The second kappa shape index (κ2) is 4.60. The summed E-state index contributed by atoms with van der Waals surface area (Å²) in [6.07, 6.45) is 2.26. The Labute approximate surface area is 105 Å². The zero-order valence-electron chi connectivity index (χ0n) is 10.00. The lowest BCUT2D eigenvalue weighted by Gasteiger charge is -2.07. The van der Waals surface area contributed by atoms with Crippen LogP contribution in [0.3, 0.4) is 0 Å². The highest BCUT2D eigenvalue weighted by atomic mass is 79.9. The molecule has 0 atom stereocenters. The maximum Gasteiger partial charge on any atom is 0.0484 e. The van der Waals surface area contributed by atoms with Gasteiger partial charge in [-0.05, 0) is 44.8 Å². The molecule has 0 bridgehead atoms. The molecule has 1 heterocycles. The van der Waals surface area contributed by atoms with Crippen molar-refractivity contribution in [3.05, 3.63) is 34.4 Å². The number of aromatic nitrogens is 1. The quantitative estimate of drug-likeness (QED) is 0.836. The molecule has 0 radical (unpaired) electrons. The molecule has 1 aromatic heterocycles. The van der Waals surface area contributed by atoms with Crippen molar-refractivity contribution in [3.8, 4) is 0 Å². The average Bonchev–Trinajstić information content (AvgIpc) is 2.55. The van der Waals surface area contributed by atoms with Gasteiger partial charge in [0, 0.05) is 34.7 Å². The maximum atomic E-state index is 3.54. The number of halogens is 1. The predicted molar refractivity (Wildman–Crippen MR) is 72.7 cm³/mol. The Morgan fingerprint density at radius 3 is 2.69 bits per heavy atom. The SMILES string of the molecule is CCn1cc(CN(C)C)c2cc(Br)ccc21. The van der Waals surface area contributed by atoms with Gasteiger partial charge in [0.25, 0.3) is 0 Å². The highest BCUT2D eigenvalue weighted by molar-refractivity contribution is 9.10. The lowest BCUT2D eigenvalue weighted by molar-refractivity contribution is 0.403. The van der Waals surface area contributed by atoms with Gasteiger partial charge in [0.15, 0.2) is 0 Å². The molecule has 0 amide bonds. The molecule has 0 saturated carbocycles. The van der Waals surface area contributed by atoms with E-state index in [1.165, 1.54) is 16.5 Å². The molecule has 2 nitrogen and oxygen atoms in total. The summed E-state index contributed by atoms with van der Waals surface area (Å²) < 4.78 is 3.45. The number of benzene rings is 1. The molecule has 0 N–H and O–H groups in total. The fourth-order valence-corrected chi connectivity index (χ4v) is 2.43. The van der Waals surface area contributed by atoms with E-state index in [0.717, 1.165) is 17.6 Å². The smallest absolute Gasteiger partial charge is 0.0484 e. The third-order valence-corrected chi connectivity index (χ3v) is 3.25. The van der Waals surface area contributed by atoms with Crippen LogP contribution in [0.25, 0.3) is 10.9 Å². The van der Waals surface area contributed by atoms with E-state index in [1.54, 1.807) is 0 Å². The van der Waals surface area contributed by atoms with E-state index in [4.69, 9.17) is 0 Å². The number of aryl methyl sites for hydroxylation is 1. The molecule has 3 heteroatoms. The Kier molecular flexibility index (Phi) is 3.36. The summed E-state index contributed by atoms with van der Waals surface area (Å²) in [5, 5.41) is 1.35. The van der Waals surface area contributed by atoms with Gasteiger partial charge in [-0.3, -0.25) is 0 Å². The van der Waals surface area contributed by atoms with Crippen LogP contribution in [0.1, 0.15) is 12.5 Å². The molecule has 0 aliphatic rings. The molecule has 0 spiro atoms. The maximum absolute atomic E-state index is 3.54. The third-order valence-electron chi connectivity index (χ3n) is 2.75. The third kappa shape index (κ3) is 2.15. The van der Waals surface area contributed by atoms with Gasteiger partial charge >= 0.3 is 0 Å². The van der Waals surface area contributed by atoms with Crippen LogP contribution in [0, 0.1) is 0 Å². The first-order valence-electron chi connectivity index (χ1n) is 5.54. The van der Waals surface area contributed by atoms with Crippen molar-refractivity contribution in [2.24, 2.45) is 0 Å². The van der Waals surface area contributed by atoms with Crippen molar-refractivity contribution in [3.63, 3.8) is 0 Å². The summed E-state index contributed by atoms with van der Waals surface area (Å²) in [5.41, 5.74) is 2.71. The minimum Gasteiger partial charge on any atom is -0.347 e. The number of rotatable bonds is 3. The van der Waals surface area contributed by atoms with Gasteiger partial charge in [-0.15, -0.1) is 0 Å². The predicted octanol–water partition coefficient (Wildman–Crippen LogP) is 3.49. The van der Waals surface area contributed by atoms with Crippen LogP contribution >= 0.6 is 15.9 Å². The molecule has 0 fully saturated rings. The molecule has 2 rings (SSSR count). The van der Waals surface area contributed by atoms with Gasteiger partial charge in [0.05, 0.1) is 0 Å². The summed E-state index contributed by atoms with van der Waals surface area (Å²) >= 11 is 3.54. The zero-order valence-corrected chi connectivity index (χ0v) is 11.6. The van der Waals surface area contributed by atoms with E-state index in [-0.39, 0.29) is 0 Å². The van der Waals surface area contributed by atoms with Crippen LogP contribution in [0.5, 0.6) is 0 Å². The van der Waals surface area contributed by atoms with E-state index in [9.17, 15) is 0 Å². The molecule has 0 aliphatic heterocycles. The van der Waals surface area contributed by atoms with Crippen molar-refractivity contribution in [1.29, 1.82) is 0 Å². The normalized spacial score (nSPS) is 11.6. The summed E-state index contributed by atoms with van der Waals surface area (Å²) in [7, 11) is 4.21. The number of fused-ring (bicyclic) bond motifs is 1. The fraction of sp³-hybridized carbons (Fsp3) is 0.385. The minimum absolute atomic E-state index is 0.986. The number of nitrogens with zero attached hydrogens (tertiary/aromatic N) is 2. The molecule has 86 valence electrons. The molecule has 0 aliphatic carbocycles. The van der Waals surface area contributed by atoms with Crippen molar-refractivity contribution < 1.29 is 0 Å². The largest absolute Gasteiger partial charge is 0.347 e. The van der Waals surface area contributed by atoms with E-state index in [2.05, 4.69) is 70.8 Å². The topological polar surface area (TPSA) is 8.17 Å². The molecule has 1 aromatic carbocycles. The molecule has 0 saturated heterocycles. The Morgan fingerprint density at radius 1 is 1.31 bits per heavy atom. The zero-order chi connectivity index (χ0) is 11.7.